The van der Waals surface area contributed by atoms with Crippen molar-refractivity contribution in [2.75, 3.05) is 52.5 Å². The summed E-state index contributed by atoms with van der Waals surface area (Å²) in [5, 5.41) is 21.7. The molecule has 0 bridgehead atoms. The summed E-state index contributed by atoms with van der Waals surface area (Å²) in [7, 11) is 0. The van der Waals surface area contributed by atoms with Gasteiger partial charge >= 0.3 is 0 Å². The van der Waals surface area contributed by atoms with Gasteiger partial charge in [0.15, 0.2) is 11.6 Å². The van der Waals surface area contributed by atoms with Crippen LogP contribution in [0.25, 0.3) is 20.5 Å². The van der Waals surface area contributed by atoms with Gasteiger partial charge < -0.3 is 19.7 Å². The number of rotatable bonds is 13. The maximum atomic E-state index is 14.3. The molecule has 0 amide bonds. The quantitative estimate of drug-likeness (QED) is 0.119. The van der Waals surface area contributed by atoms with E-state index >= 15 is 0 Å². The Bertz CT molecular complexity index is 1960. The highest BCUT2D eigenvalue weighted by Gasteiger charge is 2.27. The summed E-state index contributed by atoms with van der Waals surface area (Å²) in [6, 6.07) is 24.0. The number of fused-ring (bicyclic) bond motifs is 1. The number of phenols is 2. The van der Waals surface area contributed by atoms with Gasteiger partial charge in [-0.25, -0.2) is 0 Å². The van der Waals surface area contributed by atoms with Crippen molar-refractivity contribution in [2.45, 2.75) is 38.5 Å². The van der Waals surface area contributed by atoms with Crippen molar-refractivity contribution in [2.24, 2.45) is 0 Å². The van der Waals surface area contributed by atoms with Gasteiger partial charge in [-0.3, -0.25) is 19.4 Å². The van der Waals surface area contributed by atoms with Crippen LogP contribution in [-0.2, 0) is 0 Å². The number of hydrogen-bond acceptors (Lipinski definition) is 9. The second-order valence-corrected chi connectivity index (χ2v) is 14.4. The molecule has 0 spiro atoms. The lowest BCUT2D eigenvalue weighted by Crippen LogP contribution is -2.33. The van der Waals surface area contributed by atoms with E-state index in [2.05, 4.69) is 9.80 Å². The molecule has 5 aromatic rings. The molecule has 2 aliphatic heterocycles. The molecule has 9 heteroatoms. The lowest BCUT2D eigenvalue weighted by Gasteiger charge is -2.26. The Kier molecular flexibility index (Phi) is 11.0. The summed E-state index contributed by atoms with van der Waals surface area (Å²) in [6.07, 6.45) is 7.51. The highest BCUT2D eigenvalue weighted by atomic mass is 32.1. The average molecular weight is 705 g/mol. The molecule has 1 aromatic heterocycles. The third-order valence-corrected chi connectivity index (χ3v) is 11.2. The number of phenolic OH excluding ortho intramolecular Hbond substituents is 2. The van der Waals surface area contributed by atoms with Crippen molar-refractivity contribution in [3.8, 4) is 33.4 Å². The van der Waals surface area contributed by atoms with Crippen molar-refractivity contribution >= 4 is 33.0 Å². The summed E-state index contributed by atoms with van der Waals surface area (Å²) in [5.41, 5.74) is 2.19. The van der Waals surface area contributed by atoms with Crippen LogP contribution in [0.1, 0.15) is 70.4 Å². The largest absolute Gasteiger partial charge is 0.508 e. The molecule has 0 unspecified atom stereocenters. The first-order valence-corrected chi connectivity index (χ1v) is 18.8. The second-order valence-electron chi connectivity index (χ2n) is 13.4. The van der Waals surface area contributed by atoms with Crippen molar-refractivity contribution in [1.82, 2.24) is 9.80 Å². The Morgan fingerprint density at radius 1 is 0.588 bits per heavy atom. The van der Waals surface area contributed by atoms with E-state index in [0.717, 1.165) is 44.8 Å². The molecule has 2 fully saturated rings. The van der Waals surface area contributed by atoms with Crippen LogP contribution in [0.15, 0.2) is 84.9 Å². The number of hydrogen-bond donors (Lipinski definition) is 2. The summed E-state index contributed by atoms with van der Waals surface area (Å²) in [5.74, 6) is 0.784. The van der Waals surface area contributed by atoms with E-state index in [9.17, 15) is 19.8 Å². The molecule has 51 heavy (non-hydrogen) atoms. The van der Waals surface area contributed by atoms with Crippen LogP contribution < -0.4 is 9.47 Å². The molecule has 2 N–H and O–H groups in total. The number of benzene rings is 4. The highest BCUT2D eigenvalue weighted by molar-refractivity contribution is 7.23. The third kappa shape index (κ3) is 8.12. The lowest BCUT2D eigenvalue weighted by molar-refractivity contribution is 0.103. The number of carbonyl (C=O) groups excluding carboxylic acids is 2. The van der Waals surface area contributed by atoms with E-state index in [-0.39, 0.29) is 28.6 Å². The SMILES string of the molecule is O=C(c1ccc(OCCN2CCCCC2)cc1)c1c(-c2ccc(O)cc2)sc2c(C(=O)c3ccc(OCCN4CCCCC4)cc3)c(O)ccc12. The van der Waals surface area contributed by atoms with Crippen molar-refractivity contribution in [3.05, 3.63) is 107 Å². The minimum absolute atomic E-state index is 0.107. The van der Waals surface area contributed by atoms with Crippen LogP contribution >= 0.6 is 11.3 Å². The first-order valence-electron chi connectivity index (χ1n) is 18.0. The van der Waals surface area contributed by atoms with Crippen LogP contribution in [0.3, 0.4) is 0 Å². The Hall–Kier alpha value is -4.70. The van der Waals surface area contributed by atoms with Crippen molar-refractivity contribution < 1.29 is 29.3 Å². The normalized spacial score (nSPS) is 15.5. The number of ketones is 2. The van der Waals surface area contributed by atoms with E-state index < -0.39 is 0 Å². The van der Waals surface area contributed by atoms with Gasteiger partial charge in [0.1, 0.15) is 36.2 Å². The van der Waals surface area contributed by atoms with Crippen molar-refractivity contribution in [3.63, 3.8) is 0 Å². The molecule has 4 aromatic carbocycles. The molecule has 2 saturated heterocycles. The van der Waals surface area contributed by atoms with Crippen LogP contribution in [0, 0.1) is 0 Å². The maximum Gasteiger partial charge on any atom is 0.198 e. The minimum Gasteiger partial charge on any atom is -0.508 e. The Labute approximate surface area is 302 Å². The maximum absolute atomic E-state index is 14.3. The first-order chi connectivity index (χ1) is 24.9. The molecule has 7 rings (SSSR count). The van der Waals surface area contributed by atoms with Gasteiger partial charge in [-0.2, -0.15) is 0 Å². The molecule has 3 heterocycles. The number of thiophene rings is 1. The van der Waals surface area contributed by atoms with Gasteiger partial charge in [-0.05, 0) is 142 Å². The molecular weight excluding hydrogens is 661 g/mol. The third-order valence-electron chi connectivity index (χ3n) is 9.90. The van der Waals surface area contributed by atoms with E-state index in [1.54, 1.807) is 66.7 Å². The fourth-order valence-corrected chi connectivity index (χ4v) is 8.40. The standard InChI is InChI=1S/C42H44N2O6S/c45-32-13-7-31(8-14-32)41-37(39(47)29-9-15-33(16-10-29)49-27-25-43-21-3-1-4-22-43)35-19-20-36(46)38(42(35)51-41)40(48)30-11-17-34(18-12-30)50-28-26-44-23-5-2-6-24-44/h7-20,45-46H,1-6,21-28H2. The fourth-order valence-electron chi connectivity index (χ4n) is 7.06. The predicted octanol–water partition coefficient (Wildman–Crippen LogP) is 8.17. The number of ether oxygens (including phenoxy) is 2. The van der Waals surface area contributed by atoms with Gasteiger partial charge in [0, 0.05) is 40.0 Å². The number of piperidine rings is 2. The lowest BCUT2D eigenvalue weighted by atomic mass is 9.94. The van der Waals surface area contributed by atoms with Gasteiger partial charge in [0.2, 0.25) is 0 Å². The highest BCUT2D eigenvalue weighted by Crippen LogP contribution is 2.44. The zero-order valence-corrected chi connectivity index (χ0v) is 29.6. The summed E-state index contributed by atoms with van der Waals surface area (Å²) >= 11 is 1.28. The summed E-state index contributed by atoms with van der Waals surface area (Å²) in [6.45, 7) is 7.35. The molecule has 0 radical (unpaired) electrons. The average Bonchev–Trinajstić information content (AvgIpc) is 3.55. The topological polar surface area (TPSA) is 99.5 Å². The van der Waals surface area contributed by atoms with Gasteiger partial charge in [-0.1, -0.05) is 12.8 Å². The van der Waals surface area contributed by atoms with Crippen LogP contribution in [-0.4, -0.2) is 84.1 Å². The first kappa shape index (κ1) is 34.7. The van der Waals surface area contributed by atoms with E-state index in [0.29, 0.717) is 56.4 Å². The molecule has 8 nitrogen and oxygen atoms in total. The van der Waals surface area contributed by atoms with E-state index in [1.165, 1.54) is 55.9 Å². The smallest absolute Gasteiger partial charge is 0.198 e. The Morgan fingerprint density at radius 2 is 1.08 bits per heavy atom. The molecule has 264 valence electrons. The molecule has 0 saturated carbocycles. The molecule has 0 aliphatic carbocycles. The monoisotopic (exact) mass is 704 g/mol. The van der Waals surface area contributed by atoms with Crippen LogP contribution in [0.2, 0.25) is 0 Å². The molecular formula is C42H44N2O6S. The van der Waals surface area contributed by atoms with Crippen LogP contribution in [0.5, 0.6) is 23.0 Å². The number of nitrogens with zero attached hydrogens (tertiary/aromatic N) is 2. The van der Waals surface area contributed by atoms with E-state index in [4.69, 9.17) is 9.47 Å². The van der Waals surface area contributed by atoms with Gasteiger partial charge in [-0.15, -0.1) is 11.3 Å². The Morgan fingerprint density at radius 3 is 1.59 bits per heavy atom. The fraction of sp³-hybridized carbons (Fsp3) is 0.333. The summed E-state index contributed by atoms with van der Waals surface area (Å²) in [4.78, 5) is 33.8. The number of carbonyl (C=O) groups is 2. The van der Waals surface area contributed by atoms with Gasteiger partial charge in [0.25, 0.3) is 0 Å². The van der Waals surface area contributed by atoms with E-state index in [1.807, 2.05) is 12.1 Å². The van der Waals surface area contributed by atoms with Crippen molar-refractivity contribution in [1.29, 1.82) is 0 Å². The summed E-state index contributed by atoms with van der Waals surface area (Å²) < 4.78 is 12.5. The minimum atomic E-state index is -0.346. The molecule has 0 atom stereocenters. The predicted molar refractivity (Wildman–Crippen MR) is 202 cm³/mol. The Balaban J connectivity index is 1.14. The number of likely N-dealkylation sites (tertiary alicyclic amines) is 2. The van der Waals surface area contributed by atoms with Gasteiger partial charge in [0.05, 0.1) is 10.3 Å². The van der Waals surface area contributed by atoms with Crippen LogP contribution in [0.4, 0.5) is 0 Å². The zero-order valence-electron chi connectivity index (χ0n) is 28.8. The molecule has 2 aliphatic rings. The number of aromatic hydroxyl groups is 2. The second kappa shape index (κ2) is 16.1. The zero-order chi connectivity index (χ0) is 35.2.